The van der Waals surface area contributed by atoms with Gasteiger partial charge in [0.2, 0.25) is 0 Å². The second-order valence-electron chi connectivity index (χ2n) is 4.79. The number of nitrogens with zero attached hydrogens (tertiary/aromatic N) is 1. The van der Waals surface area contributed by atoms with Crippen molar-refractivity contribution in [3.05, 3.63) is 76.4 Å². The van der Waals surface area contributed by atoms with Gasteiger partial charge in [0.25, 0.3) is 0 Å². The number of hydrogen-bond acceptors (Lipinski definition) is 1. The Labute approximate surface area is 117 Å². The quantitative estimate of drug-likeness (QED) is 0.651. The summed E-state index contributed by atoms with van der Waals surface area (Å²) in [5, 5.41) is 1.90. The van der Waals surface area contributed by atoms with Gasteiger partial charge in [-0.25, -0.2) is 0 Å². The first-order chi connectivity index (χ1) is 9.22. The number of rotatable bonds is 2. The van der Waals surface area contributed by atoms with Crippen LogP contribution in [-0.2, 0) is 6.42 Å². The van der Waals surface area contributed by atoms with Crippen LogP contribution in [0.5, 0.6) is 0 Å². The second kappa shape index (κ2) is 5.02. The lowest BCUT2D eigenvalue weighted by molar-refractivity contribution is 1.19. The monoisotopic (exact) mass is 267 g/mol. The average molecular weight is 268 g/mol. The molecule has 0 saturated carbocycles. The maximum atomic E-state index is 6.01. The number of aromatic nitrogens is 1. The minimum absolute atomic E-state index is 0.729. The molecule has 0 unspecified atom stereocenters. The molecule has 19 heavy (non-hydrogen) atoms. The van der Waals surface area contributed by atoms with Crippen molar-refractivity contribution < 1.29 is 0 Å². The molecule has 0 aliphatic heterocycles. The first-order valence-corrected chi connectivity index (χ1v) is 6.69. The minimum atomic E-state index is 0.729. The largest absolute Gasteiger partial charge is 0.256 e. The highest BCUT2D eigenvalue weighted by Gasteiger charge is 2.03. The van der Waals surface area contributed by atoms with Crippen LogP contribution in [0.25, 0.3) is 10.9 Å². The van der Waals surface area contributed by atoms with Crippen molar-refractivity contribution in [2.75, 3.05) is 0 Å². The maximum absolute atomic E-state index is 6.01. The molecule has 94 valence electrons. The molecule has 1 heterocycles. The minimum Gasteiger partial charge on any atom is -0.256 e. The lowest BCUT2D eigenvalue weighted by atomic mass is 10.0. The highest BCUT2D eigenvalue weighted by Crippen LogP contribution is 2.22. The Hall–Kier alpha value is -1.86. The van der Waals surface area contributed by atoms with Gasteiger partial charge in [0.05, 0.1) is 5.52 Å². The summed E-state index contributed by atoms with van der Waals surface area (Å²) in [5.74, 6) is 0. The molecule has 0 bridgehead atoms. The van der Waals surface area contributed by atoms with Crippen molar-refractivity contribution in [2.45, 2.75) is 13.3 Å². The van der Waals surface area contributed by atoms with Crippen molar-refractivity contribution >= 4 is 22.5 Å². The Morgan fingerprint density at radius 3 is 2.58 bits per heavy atom. The molecule has 0 N–H and O–H groups in total. The number of hydrogen-bond donors (Lipinski definition) is 0. The number of benzene rings is 2. The zero-order valence-corrected chi connectivity index (χ0v) is 11.5. The molecule has 0 amide bonds. The summed E-state index contributed by atoms with van der Waals surface area (Å²) < 4.78 is 0. The Bertz CT molecular complexity index is 717. The van der Waals surface area contributed by atoms with Crippen LogP contribution < -0.4 is 0 Å². The molecule has 0 spiro atoms. The van der Waals surface area contributed by atoms with E-state index in [0.29, 0.717) is 0 Å². The standard InChI is InChI=1S/C17H14ClN/c1-12-2-4-13(5-3-12)10-14-8-9-19-17-11-15(18)6-7-16(14)17/h2-9,11H,10H2,1H3. The van der Waals surface area contributed by atoms with Gasteiger partial charge in [0.15, 0.2) is 0 Å². The van der Waals surface area contributed by atoms with Gasteiger partial charge in [-0.1, -0.05) is 47.5 Å². The highest BCUT2D eigenvalue weighted by atomic mass is 35.5. The third-order valence-corrected chi connectivity index (χ3v) is 3.55. The van der Waals surface area contributed by atoms with Crippen molar-refractivity contribution in [1.82, 2.24) is 4.98 Å². The molecule has 2 heteroatoms. The lowest BCUT2D eigenvalue weighted by Crippen LogP contribution is -1.91. The molecule has 0 aliphatic rings. The van der Waals surface area contributed by atoms with E-state index in [-0.39, 0.29) is 0 Å². The molecule has 0 radical (unpaired) electrons. The summed E-state index contributed by atoms with van der Waals surface area (Å²) in [5.41, 5.74) is 4.84. The van der Waals surface area contributed by atoms with Gasteiger partial charge in [0, 0.05) is 16.6 Å². The average Bonchev–Trinajstić information content (AvgIpc) is 2.41. The molecule has 0 saturated heterocycles. The van der Waals surface area contributed by atoms with Crippen LogP contribution in [0.15, 0.2) is 54.7 Å². The van der Waals surface area contributed by atoms with E-state index in [1.165, 1.54) is 22.1 Å². The topological polar surface area (TPSA) is 12.9 Å². The molecule has 1 nitrogen and oxygen atoms in total. The number of halogens is 1. The van der Waals surface area contributed by atoms with Gasteiger partial charge < -0.3 is 0 Å². The smallest absolute Gasteiger partial charge is 0.0719 e. The SMILES string of the molecule is Cc1ccc(Cc2ccnc3cc(Cl)ccc23)cc1. The van der Waals surface area contributed by atoms with Crippen LogP contribution in [-0.4, -0.2) is 4.98 Å². The van der Waals surface area contributed by atoms with Crippen LogP contribution in [0.2, 0.25) is 5.02 Å². The summed E-state index contributed by atoms with van der Waals surface area (Å²) in [6.45, 7) is 2.10. The number of pyridine rings is 1. The third-order valence-electron chi connectivity index (χ3n) is 3.31. The van der Waals surface area contributed by atoms with E-state index in [0.717, 1.165) is 17.0 Å². The van der Waals surface area contributed by atoms with E-state index in [1.54, 1.807) is 0 Å². The van der Waals surface area contributed by atoms with E-state index in [1.807, 2.05) is 24.4 Å². The van der Waals surface area contributed by atoms with Crippen molar-refractivity contribution in [3.8, 4) is 0 Å². The van der Waals surface area contributed by atoms with E-state index < -0.39 is 0 Å². The zero-order valence-electron chi connectivity index (χ0n) is 10.7. The predicted molar refractivity (Wildman–Crippen MR) is 80.7 cm³/mol. The Morgan fingerprint density at radius 2 is 1.79 bits per heavy atom. The lowest BCUT2D eigenvalue weighted by Gasteiger charge is -2.07. The van der Waals surface area contributed by atoms with Gasteiger partial charge in [-0.15, -0.1) is 0 Å². The fraction of sp³-hybridized carbons (Fsp3) is 0.118. The third kappa shape index (κ3) is 2.61. The summed E-state index contributed by atoms with van der Waals surface area (Å²) in [7, 11) is 0. The van der Waals surface area contributed by atoms with Gasteiger partial charge in [0.1, 0.15) is 0 Å². The van der Waals surface area contributed by atoms with E-state index in [9.17, 15) is 0 Å². The van der Waals surface area contributed by atoms with Crippen molar-refractivity contribution in [1.29, 1.82) is 0 Å². The first kappa shape index (κ1) is 12.2. The van der Waals surface area contributed by atoms with Crippen molar-refractivity contribution in [2.24, 2.45) is 0 Å². The highest BCUT2D eigenvalue weighted by molar-refractivity contribution is 6.31. The fourth-order valence-corrected chi connectivity index (χ4v) is 2.43. The Morgan fingerprint density at radius 1 is 1.00 bits per heavy atom. The Balaban J connectivity index is 2.03. The van der Waals surface area contributed by atoms with Gasteiger partial charge in [-0.3, -0.25) is 4.98 Å². The normalized spacial score (nSPS) is 10.8. The van der Waals surface area contributed by atoms with Crippen LogP contribution in [0, 0.1) is 6.92 Å². The van der Waals surface area contributed by atoms with Crippen LogP contribution in [0.4, 0.5) is 0 Å². The molecule has 3 aromatic rings. The summed E-state index contributed by atoms with van der Waals surface area (Å²) >= 11 is 6.01. The molecular weight excluding hydrogens is 254 g/mol. The zero-order chi connectivity index (χ0) is 13.2. The van der Waals surface area contributed by atoms with Crippen LogP contribution >= 0.6 is 11.6 Å². The molecule has 0 fully saturated rings. The summed E-state index contributed by atoms with van der Waals surface area (Å²) in [6, 6.07) is 16.6. The first-order valence-electron chi connectivity index (χ1n) is 6.31. The second-order valence-corrected chi connectivity index (χ2v) is 5.23. The Kier molecular flexibility index (Phi) is 3.22. The number of fused-ring (bicyclic) bond motifs is 1. The van der Waals surface area contributed by atoms with E-state index >= 15 is 0 Å². The predicted octanol–water partition coefficient (Wildman–Crippen LogP) is 4.79. The van der Waals surface area contributed by atoms with Crippen LogP contribution in [0.1, 0.15) is 16.7 Å². The molecule has 0 atom stereocenters. The molecule has 3 rings (SSSR count). The van der Waals surface area contributed by atoms with Gasteiger partial charge in [-0.2, -0.15) is 0 Å². The molecule has 1 aromatic heterocycles. The van der Waals surface area contributed by atoms with Gasteiger partial charge >= 0.3 is 0 Å². The molecule has 2 aromatic carbocycles. The van der Waals surface area contributed by atoms with E-state index in [2.05, 4.69) is 42.2 Å². The molecular formula is C17H14ClN. The van der Waals surface area contributed by atoms with Crippen molar-refractivity contribution in [3.63, 3.8) is 0 Å². The number of aryl methyl sites for hydroxylation is 1. The van der Waals surface area contributed by atoms with Crippen LogP contribution in [0.3, 0.4) is 0 Å². The summed E-state index contributed by atoms with van der Waals surface area (Å²) in [4.78, 5) is 4.37. The van der Waals surface area contributed by atoms with E-state index in [4.69, 9.17) is 11.6 Å². The summed E-state index contributed by atoms with van der Waals surface area (Å²) in [6.07, 6.45) is 2.77. The van der Waals surface area contributed by atoms with Gasteiger partial charge in [-0.05, 0) is 42.7 Å². The maximum Gasteiger partial charge on any atom is 0.0719 e. The fourth-order valence-electron chi connectivity index (χ4n) is 2.26. The molecule has 0 aliphatic carbocycles.